The number of hydrogen-bond donors (Lipinski definition) is 0. The molecule has 0 heterocycles. The number of alkyl halides is 5. The standard InChI is InChI=1S/C20H19F5O3/c1-3-12-8-9-16(13(10-12)19(21)22)27-11-14-15(20(23,24)25)6-5-7-17(14)28-18(26)4-2/h5-10,19H,3-4,11H2,1-2H3. The lowest BCUT2D eigenvalue weighted by Gasteiger charge is -2.18. The van der Waals surface area contributed by atoms with Gasteiger partial charge >= 0.3 is 12.1 Å². The minimum Gasteiger partial charge on any atom is -0.488 e. The zero-order valence-corrected chi connectivity index (χ0v) is 15.3. The Morgan fingerprint density at radius 1 is 1.07 bits per heavy atom. The van der Waals surface area contributed by atoms with E-state index in [1.165, 1.54) is 25.1 Å². The molecular formula is C20H19F5O3. The fourth-order valence-corrected chi connectivity index (χ4v) is 2.54. The van der Waals surface area contributed by atoms with Gasteiger partial charge in [-0.1, -0.05) is 26.0 Å². The van der Waals surface area contributed by atoms with Crippen LogP contribution < -0.4 is 9.47 Å². The lowest BCUT2D eigenvalue weighted by Crippen LogP contribution is -2.15. The number of aryl methyl sites for hydroxylation is 1. The van der Waals surface area contributed by atoms with Gasteiger partial charge in [0, 0.05) is 12.0 Å². The van der Waals surface area contributed by atoms with Crippen molar-refractivity contribution in [3.8, 4) is 11.5 Å². The zero-order valence-electron chi connectivity index (χ0n) is 15.3. The van der Waals surface area contributed by atoms with Crippen molar-refractivity contribution in [2.75, 3.05) is 0 Å². The van der Waals surface area contributed by atoms with E-state index in [1.807, 2.05) is 0 Å². The van der Waals surface area contributed by atoms with Gasteiger partial charge in [-0.15, -0.1) is 0 Å². The summed E-state index contributed by atoms with van der Waals surface area (Å²) in [5.74, 6) is -1.26. The van der Waals surface area contributed by atoms with Gasteiger partial charge in [0.2, 0.25) is 0 Å². The van der Waals surface area contributed by atoms with Gasteiger partial charge in [0.25, 0.3) is 6.43 Å². The molecule has 152 valence electrons. The van der Waals surface area contributed by atoms with E-state index in [4.69, 9.17) is 9.47 Å². The Balaban J connectivity index is 2.41. The maximum Gasteiger partial charge on any atom is 0.416 e. The van der Waals surface area contributed by atoms with Crippen LogP contribution in [-0.4, -0.2) is 5.97 Å². The fraction of sp³-hybridized carbons (Fsp3) is 0.350. The molecule has 0 amide bonds. The summed E-state index contributed by atoms with van der Waals surface area (Å²) in [4.78, 5) is 11.5. The van der Waals surface area contributed by atoms with Crippen molar-refractivity contribution in [3.63, 3.8) is 0 Å². The van der Waals surface area contributed by atoms with E-state index in [-0.39, 0.29) is 17.9 Å². The van der Waals surface area contributed by atoms with Crippen LogP contribution in [0.2, 0.25) is 0 Å². The predicted octanol–water partition coefficient (Wildman–Crippen LogP) is 6.10. The molecule has 0 saturated carbocycles. The van der Waals surface area contributed by atoms with Gasteiger partial charge in [0.1, 0.15) is 18.1 Å². The molecule has 2 rings (SSSR count). The number of ether oxygens (including phenoxy) is 2. The Bertz CT molecular complexity index is 831. The van der Waals surface area contributed by atoms with E-state index in [1.54, 1.807) is 13.0 Å². The predicted molar refractivity (Wildman–Crippen MR) is 92.5 cm³/mol. The van der Waals surface area contributed by atoms with Crippen molar-refractivity contribution >= 4 is 5.97 Å². The molecule has 0 radical (unpaired) electrons. The molecule has 0 aliphatic carbocycles. The topological polar surface area (TPSA) is 35.5 Å². The summed E-state index contributed by atoms with van der Waals surface area (Å²) >= 11 is 0. The number of hydrogen-bond acceptors (Lipinski definition) is 3. The summed E-state index contributed by atoms with van der Waals surface area (Å²) in [6.07, 6.45) is -7.10. The first-order valence-corrected chi connectivity index (χ1v) is 8.60. The number of halogens is 5. The monoisotopic (exact) mass is 402 g/mol. The molecule has 8 heteroatoms. The minimum absolute atomic E-state index is 0.0371. The van der Waals surface area contributed by atoms with Gasteiger partial charge in [-0.2, -0.15) is 13.2 Å². The van der Waals surface area contributed by atoms with Crippen LogP contribution in [-0.2, 0) is 24.0 Å². The summed E-state index contributed by atoms with van der Waals surface area (Å²) in [7, 11) is 0. The van der Waals surface area contributed by atoms with Crippen molar-refractivity contribution in [1.82, 2.24) is 0 Å². The van der Waals surface area contributed by atoms with Gasteiger partial charge < -0.3 is 9.47 Å². The van der Waals surface area contributed by atoms with E-state index in [9.17, 15) is 26.7 Å². The molecule has 0 aromatic heterocycles. The molecule has 28 heavy (non-hydrogen) atoms. The van der Waals surface area contributed by atoms with Crippen molar-refractivity contribution < 1.29 is 36.2 Å². The van der Waals surface area contributed by atoms with Gasteiger partial charge in [0.05, 0.1) is 11.1 Å². The van der Waals surface area contributed by atoms with Gasteiger partial charge in [-0.3, -0.25) is 4.79 Å². The van der Waals surface area contributed by atoms with Crippen LogP contribution in [0.3, 0.4) is 0 Å². The highest BCUT2D eigenvalue weighted by Gasteiger charge is 2.35. The first-order valence-electron chi connectivity index (χ1n) is 8.60. The second kappa shape index (κ2) is 9.03. The first-order chi connectivity index (χ1) is 13.2. The minimum atomic E-state index is -4.73. The molecular weight excluding hydrogens is 383 g/mol. The number of carbonyl (C=O) groups is 1. The van der Waals surface area contributed by atoms with E-state index in [2.05, 4.69) is 0 Å². The molecule has 0 aliphatic rings. The summed E-state index contributed by atoms with van der Waals surface area (Å²) < 4.78 is 77.0. The average Bonchev–Trinajstić information content (AvgIpc) is 2.65. The molecule has 0 atom stereocenters. The summed E-state index contributed by atoms with van der Waals surface area (Å²) in [6, 6.07) is 7.24. The highest BCUT2D eigenvalue weighted by molar-refractivity contribution is 5.72. The van der Waals surface area contributed by atoms with Crippen LogP contribution >= 0.6 is 0 Å². The van der Waals surface area contributed by atoms with Crippen molar-refractivity contribution in [1.29, 1.82) is 0 Å². The van der Waals surface area contributed by atoms with Crippen molar-refractivity contribution in [2.45, 2.75) is 45.9 Å². The molecule has 0 saturated heterocycles. The first kappa shape index (κ1) is 21.7. The van der Waals surface area contributed by atoms with Gasteiger partial charge in [-0.05, 0) is 36.2 Å². The Kier molecular flexibility index (Phi) is 6.99. The Labute approximate surface area is 159 Å². The lowest BCUT2D eigenvalue weighted by atomic mass is 10.1. The van der Waals surface area contributed by atoms with E-state index < -0.39 is 41.9 Å². The van der Waals surface area contributed by atoms with Crippen molar-refractivity contribution in [2.24, 2.45) is 0 Å². The highest BCUT2D eigenvalue weighted by Crippen LogP contribution is 2.38. The third-order valence-electron chi connectivity index (χ3n) is 4.04. The van der Waals surface area contributed by atoms with Gasteiger partial charge in [-0.25, -0.2) is 8.78 Å². The molecule has 0 fully saturated rings. The van der Waals surface area contributed by atoms with Crippen LogP contribution in [0.15, 0.2) is 36.4 Å². The third-order valence-corrected chi connectivity index (χ3v) is 4.04. The quantitative estimate of drug-likeness (QED) is 0.319. The summed E-state index contributed by atoms with van der Waals surface area (Å²) in [5.41, 5.74) is -1.25. The molecule has 3 nitrogen and oxygen atoms in total. The Morgan fingerprint density at radius 2 is 1.79 bits per heavy atom. The van der Waals surface area contributed by atoms with Crippen LogP contribution in [0.1, 0.15) is 48.9 Å². The smallest absolute Gasteiger partial charge is 0.416 e. The van der Waals surface area contributed by atoms with E-state index in [0.29, 0.717) is 12.0 Å². The molecule has 2 aromatic carbocycles. The van der Waals surface area contributed by atoms with Gasteiger partial charge in [0.15, 0.2) is 0 Å². The van der Waals surface area contributed by atoms with E-state index in [0.717, 1.165) is 12.1 Å². The van der Waals surface area contributed by atoms with Crippen LogP contribution in [0.4, 0.5) is 22.0 Å². The molecule has 0 bridgehead atoms. The molecule has 0 unspecified atom stereocenters. The third kappa shape index (κ3) is 5.21. The lowest BCUT2D eigenvalue weighted by molar-refractivity contribution is -0.140. The van der Waals surface area contributed by atoms with Crippen LogP contribution in [0, 0.1) is 0 Å². The second-order valence-electron chi connectivity index (χ2n) is 5.92. The molecule has 0 aliphatic heterocycles. The number of benzene rings is 2. The molecule has 0 N–H and O–H groups in total. The Hall–Kier alpha value is -2.64. The Morgan fingerprint density at radius 3 is 2.36 bits per heavy atom. The largest absolute Gasteiger partial charge is 0.488 e. The summed E-state index contributed by atoms with van der Waals surface area (Å²) in [5, 5.41) is 0. The van der Waals surface area contributed by atoms with Crippen molar-refractivity contribution in [3.05, 3.63) is 58.7 Å². The maximum absolute atomic E-state index is 13.4. The zero-order chi connectivity index (χ0) is 20.9. The SMILES string of the molecule is CCC(=O)Oc1cccc(C(F)(F)F)c1COc1ccc(CC)cc1C(F)F. The van der Waals surface area contributed by atoms with Crippen LogP contribution in [0.5, 0.6) is 11.5 Å². The maximum atomic E-state index is 13.4. The second-order valence-corrected chi connectivity index (χ2v) is 5.92. The fourth-order valence-electron chi connectivity index (χ4n) is 2.54. The number of esters is 1. The number of rotatable bonds is 7. The van der Waals surface area contributed by atoms with Crippen LogP contribution in [0.25, 0.3) is 0 Å². The molecule has 0 spiro atoms. The van der Waals surface area contributed by atoms with E-state index >= 15 is 0 Å². The highest BCUT2D eigenvalue weighted by atomic mass is 19.4. The number of carbonyl (C=O) groups excluding carboxylic acids is 1. The normalized spacial score (nSPS) is 11.6. The average molecular weight is 402 g/mol. The summed E-state index contributed by atoms with van der Waals surface area (Å²) in [6.45, 7) is 2.60. The molecule has 2 aromatic rings.